The molecular weight excluding hydrogens is 329 g/mol. The predicted molar refractivity (Wildman–Crippen MR) is 63.4 cm³/mol. The van der Waals surface area contributed by atoms with Crippen LogP contribution < -0.4 is 0 Å². The molecule has 12 heavy (non-hydrogen) atoms. The largest absolute Gasteiger partial charge is 0.262 e. The average molecular weight is 340 g/mol. The molecule has 1 rings (SSSR count). The Balaban J connectivity index is 3.31. The molecule has 0 N–H and O–H groups in total. The fourth-order valence-electron chi connectivity index (χ4n) is 1.13. The normalized spacial score (nSPS) is 11.8. The highest BCUT2D eigenvalue weighted by atomic mass is 127. The van der Waals surface area contributed by atoms with Crippen molar-refractivity contribution in [2.75, 3.05) is 0 Å². The van der Waals surface area contributed by atoms with E-state index in [1.54, 1.807) is 0 Å². The molecule has 0 saturated heterocycles. The number of rotatable bonds is 0. The van der Waals surface area contributed by atoms with Crippen LogP contribution in [0, 0.1) is 3.57 Å². The third-order valence-corrected chi connectivity index (χ3v) is 3.02. The van der Waals surface area contributed by atoms with Crippen molar-refractivity contribution in [2.45, 2.75) is 26.2 Å². The Morgan fingerprint density at radius 2 is 1.92 bits per heavy atom. The summed E-state index contributed by atoms with van der Waals surface area (Å²) in [5, 5.41) is 0. The molecule has 0 aliphatic carbocycles. The van der Waals surface area contributed by atoms with Crippen LogP contribution >= 0.6 is 38.5 Å². The van der Waals surface area contributed by atoms with Gasteiger partial charge in [-0.1, -0.05) is 20.8 Å². The molecule has 1 nitrogen and oxygen atoms in total. The van der Waals surface area contributed by atoms with Gasteiger partial charge in [-0.2, -0.15) is 0 Å². The van der Waals surface area contributed by atoms with Gasteiger partial charge in [0, 0.05) is 20.4 Å². The van der Waals surface area contributed by atoms with E-state index >= 15 is 0 Å². The molecule has 66 valence electrons. The third-order valence-electron chi connectivity index (χ3n) is 1.60. The summed E-state index contributed by atoms with van der Waals surface area (Å²) in [6.07, 6.45) is 3.74. The molecule has 0 aromatic carbocycles. The van der Waals surface area contributed by atoms with Crippen LogP contribution in [0.1, 0.15) is 26.3 Å². The number of hydrogen-bond donors (Lipinski definition) is 0. The summed E-state index contributed by atoms with van der Waals surface area (Å²) >= 11 is 5.83. The Bertz CT molecular complexity index is 271. The van der Waals surface area contributed by atoms with Gasteiger partial charge < -0.3 is 0 Å². The van der Waals surface area contributed by atoms with Crippen molar-refractivity contribution in [3.05, 3.63) is 26.0 Å². The van der Waals surface area contributed by atoms with E-state index in [2.05, 4.69) is 64.3 Å². The summed E-state index contributed by atoms with van der Waals surface area (Å²) in [6.45, 7) is 6.61. The van der Waals surface area contributed by atoms with Crippen LogP contribution in [0.5, 0.6) is 0 Å². The highest BCUT2D eigenvalue weighted by Gasteiger charge is 2.19. The monoisotopic (exact) mass is 339 g/mol. The molecule has 1 heterocycles. The summed E-state index contributed by atoms with van der Waals surface area (Å²) in [5.74, 6) is 0. The van der Waals surface area contributed by atoms with Gasteiger partial charge in [0.05, 0.1) is 0 Å². The van der Waals surface area contributed by atoms with Crippen molar-refractivity contribution in [1.82, 2.24) is 4.98 Å². The fraction of sp³-hybridized carbons (Fsp3) is 0.444. The lowest BCUT2D eigenvalue weighted by atomic mass is 9.88. The van der Waals surface area contributed by atoms with E-state index in [-0.39, 0.29) is 5.41 Å². The predicted octanol–water partition coefficient (Wildman–Crippen LogP) is 3.75. The van der Waals surface area contributed by atoms with Crippen molar-refractivity contribution < 1.29 is 0 Å². The minimum absolute atomic E-state index is 0.179. The zero-order valence-corrected chi connectivity index (χ0v) is 11.1. The van der Waals surface area contributed by atoms with Gasteiger partial charge in [0.25, 0.3) is 0 Å². The second-order valence-corrected chi connectivity index (χ2v) is 5.74. The van der Waals surface area contributed by atoms with Crippen LogP contribution in [-0.4, -0.2) is 4.98 Å². The second-order valence-electron chi connectivity index (χ2n) is 3.73. The first kappa shape index (κ1) is 10.4. The minimum atomic E-state index is 0.179. The molecule has 0 fully saturated rings. The number of halogens is 2. The van der Waals surface area contributed by atoms with Crippen LogP contribution in [0.3, 0.4) is 0 Å². The second kappa shape index (κ2) is 3.62. The first-order valence-electron chi connectivity index (χ1n) is 3.72. The lowest BCUT2D eigenvalue weighted by Gasteiger charge is -2.21. The van der Waals surface area contributed by atoms with E-state index in [1.165, 1.54) is 9.13 Å². The van der Waals surface area contributed by atoms with Crippen molar-refractivity contribution in [2.24, 2.45) is 0 Å². The molecule has 1 aromatic rings. The highest BCUT2D eigenvalue weighted by Crippen LogP contribution is 2.32. The molecule has 0 saturated carbocycles. The molecule has 0 amide bonds. The van der Waals surface area contributed by atoms with Gasteiger partial charge in [-0.25, -0.2) is 0 Å². The van der Waals surface area contributed by atoms with Gasteiger partial charge >= 0.3 is 0 Å². The zero-order chi connectivity index (χ0) is 9.35. The van der Waals surface area contributed by atoms with E-state index in [0.29, 0.717) is 0 Å². The van der Waals surface area contributed by atoms with Gasteiger partial charge in [-0.3, -0.25) is 4.98 Å². The van der Waals surface area contributed by atoms with Gasteiger partial charge in [-0.15, -0.1) is 0 Å². The molecule has 0 bridgehead atoms. The summed E-state index contributed by atoms with van der Waals surface area (Å²) in [5.41, 5.74) is 1.51. The Kier molecular flexibility index (Phi) is 3.15. The van der Waals surface area contributed by atoms with Crippen LogP contribution in [0.2, 0.25) is 0 Å². The van der Waals surface area contributed by atoms with Gasteiger partial charge in [0.2, 0.25) is 0 Å². The van der Waals surface area contributed by atoms with Crippen LogP contribution in [0.25, 0.3) is 0 Å². The number of nitrogens with zero attached hydrogens (tertiary/aromatic N) is 1. The van der Waals surface area contributed by atoms with Gasteiger partial charge in [-0.05, 0) is 49.5 Å². The number of aromatic nitrogens is 1. The molecule has 0 aliphatic rings. The SMILES string of the molecule is CC(C)(C)c1c(Br)cncc1I. The maximum absolute atomic E-state index is 4.10. The standard InChI is InChI=1S/C9H11BrIN/c1-9(2,3)8-6(10)4-12-5-7(8)11/h4-5H,1-3H3. The number of hydrogen-bond acceptors (Lipinski definition) is 1. The molecule has 0 spiro atoms. The molecule has 0 unspecified atom stereocenters. The van der Waals surface area contributed by atoms with Crippen molar-refractivity contribution >= 4 is 38.5 Å². The summed E-state index contributed by atoms with van der Waals surface area (Å²) in [6, 6.07) is 0. The average Bonchev–Trinajstić information content (AvgIpc) is 1.82. The third kappa shape index (κ3) is 2.19. The van der Waals surface area contributed by atoms with E-state index < -0.39 is 0 Å². The van der Waals surface area contributed by atoms with Crippen LogP contribution in [0.15, 0.2) is 16.9 Å². The molecule has 3 heteroatoms. The number of pyridine rings is 1. The Morgan fingerprint density at radius 1 is 1.33 bits per heavy atom. The van der Waals surface area contributed by atoms with Crippen molar-refractivity contribution in [3.63, 3.8) is 0 Å². The smallest absolute Gasteiger partial charge is 0.0413 e. The Labute approximate surface area is 95.2 Å². The Hall–Kier alpha value is 0.360. The quantitative estimate of drug-likeness (QED) is 0.656. The molecular formula is C9H11BrIN. The van der Waals surface area contributed by atoms with Gasteiger partial charge in [0.1, 0.15) is 0 Å². The van der Waals surface area contributed by atoms with Crippen LogP contribution in [0.4, 0.5) is 0 Å². The van der Waals surface area contributed by atoms with E-state index in [9.17, 15) is 0 Å². The molecule has 1 aromatic heterocycles. The first-order chi connectivity index (χ1) is 5.43. The fourth-order valence-corrected chi connectivity index (χ4v) is 3.69. The van der Waals surface area contributed by atoms with E-state index in [0.717, 1.165) is 4.47 Å². The lowest BCUT2D eigenvalue weighted by molar-refractivity contribution is 0.582. The Morgan fingerprint density at radius 3 is 2.25 bits per heavy atom. The zero-order valence-electron chi connectivity index (χ0n) is 7.36. The van der Waals surface area contributed by atoms with Gasteiger partial charge in [0.15, 0.2) is 0 Å². The lowest BCUT2D eigenvalue weighted by Crippen LogP contribution is -2.14. The molecule has 0 radical (unpaired) electrons. The summed E-state index contributed by atoms with van der Waals surface area (Å²) < 4.78 is 2.32. The molecule has 0 aliphatic heterocycles. The van der Waals surface area contributed by atoms with E-state index in [4.69, 9.17) is 0 Å². The molecule has 0 atom stereocenters. The maximum Gasteiger partial charge on any atom is 0.0413 e. The highest BCUT2D eigenvalue weighted by molar-refractivity contribution is 14.1. The summed E-state index contributed by atoms with van der Waals surface area (Å²) in [4.78, 5) is 4.10. The van der Waals surface area contributed by atoms with Crippen molar-refractivity contribution in [1.29, 1.82) is 0 Å². The maximum atomic E-state index is 4.10. The van der Waals surface area contributed by atoms with Crippen LogP contribution in [-0.2, 0) is 5.41 Å². The minimum Gasteiger partial charge on any atom is -0.262 e. The van der Waals surface area contributed by atoms with Crippen molar-refractivity contribution in [3.8, 4) is 0 Å². The topological polar surface area (TPSA) is 12.9 Å². The summed E-state index contributed by atoms with van der Waals surface area (Å²) in [7, 11) is 0. The first-order valence-corrected chi connectivity index (χ1v) is 5.59. The van der Waals surface area contributed by atoms with E-state index in [1.807, 2.05) is 12.4 Å².